The van der Waals surface area contributed by atoms with E-state index in [1.165, 1.54) is 37.2 Å². The van der Waals surface area contributed by atoms with Gasteiger partial charge in [-0.05, 0) is 24.8 Å². The largest absolute Gasteiger partial charge is 0.345 e. The second kappa shape index (κ2) is 7.52. The number of nitrogens with one attached hydrogen (secondary N) is 1. The van der Waals surface area contributed by atoms with E-state index in [1.807, 2.05) is 24.7 Å². The van der Waals surface area contributed by atoms with Crippen molar-refractivity contribution in [3.05, 3.63) is 36.2 Å². The van der Waals surface area contributed by atoms with Gasteiger partial charge in [0.2, 0.25) is 5.95 Å². The molecule has 0 bridgehead atoms. The van der Waals surface area contributed by atoms with Crippen LogP contribution in [-0.2, 0) is 6.54 Å². The minimum absolute atomic E-state index is 0.636. The standard InChI is InChI=1S/C19H28N6/c1-15-3-5-16(6-4-15)18-22-13-17(23-18)14-24-9-11-25(12-10-24)19-20-7-2-8-21-19/h2,7-8,13,15-16H,3-6,9-12,14H2,1H3,(H,22,23). The topological polar surface area (TPSA) is 60.9 Å². The van der Waals surface area contributed by atoms with Crippen molar-refractivity contribution in [2.24, 2.45) is 5.92 Å². The normalized spacial score (nSPS) is 25.2. The fourth-order valence-electron chi connectivity index (χ4n) is 4.00. The molecule has 1 saturated carbocycles. The Kier molecular flexibility index (Phi) is 4.97. The van der Waals surface area contributed by atoms with E-state index in [0.29, 0.717) is 5.92 Å². The van der Waals surface area contributed by atoms with Crippen LogP contribution in [0.5, 0.6) is 0 Å². The Balaban J connectivity index is 1.29. The molecule has 2 aromatic rings. The molecule has 4 rings (SSSR count). The molecule has 1 aliphatic heterocycles. The lowest BCUT2D eigenvalue weighted by Crippen LogP contribution is -2.46. The Bertz CT molecular complexity index is 654. The third-order valence-electron chi connectivity index (χ3n) is 5.65. The molecule has 2 fully saturated rings. The molecule has 0 unspecified atom stereocenters. The molecular weight excluding hydrogens is 312 g/mol. The number of piperazine rings is 1. The summed E-state index contributed by atoms with van der Waals surface area (Å²) in [6, 6.07) is 1.86. The highest BCUT2D eigenvalue weighted by Gasteiger charge is 2.23. The molecule has 0 atom stereocenters. The number of hydrogen-bond donors (Lipinski definition) is 1. The van der Waals surface area contributed by atoms with Gasteiger partial charge >= 0.3 is 0 Å². The maximum Gasteiger partial charge on any atom is 0.225 e. The zero-order valence-corrected chi connectivity index (χ0v) is 15.1. The molecule has 1 saturated heterocycles. The molecule has 25 heavy (non-hydrogen) atoms. The molecular formula is C19H28N6. The average Bonchev–Trinajstić information content (AvgIpc) is 3.12. The van der Waals surface area contributed by atoms with Crippen LogP contribution in [0, 0.1) is 5.92 Å². The maximum atomic E-state index is 4.68. The van der Waals surface area contributed by atoms with E-state index in [4.69, 9.17) is 0 Å². The molecule has 3 heterocycles. The van der Waals surface area contributed by atoms with Crippen molar-refractivity contribution in [1.82, 2.24) is 24.8 Å². The number of imidazole rings is 1. The monoisotopic (exact) mass is 340 g/mol. The first-order valence-electron chi connectivity index (χ1n) is 9.56. The highest BCUT2D eigenvalue weighted by molar-refractivity contribution is 5.29. The minimum atomic E-state index is 0.636. The number of hydrogen-bond acceptors (Lipinski definition) is 5. The molecule has 6 nitrogen and oxygen atoms in total. The summed E-state index contributed by atoms with van der Waals surface area (Å²) in [5.41, 5.74) is 1.25. The van der Waals surface area contributed by atoms with E-state index in [1.54, 1.807) is 0 Å². The van der Waals surface area contributed by atoms with Crippen molar-refractivity contribution in [2.75, 3.05) is 31.1 Å². The Morgan fingerprint density at radius 1 is 1.00 bits per heavy atom. The summed E-state index contributed by atoms with van der Waals surface area (Å²) in [5, 5.41) is 0. The predicted octanol–water partition coefficient (Wildman–Crippen LogP) is 2.82. The third-order valence-corrected chi connectivity index (χ3v) is 5.65. The summed E-state index contributed by atoms with van der Waals surface area (Å²) < 4.78 is 0. The van der Waals surface area contributed by atoms with Crippen LogP contribution < -0.4 is 4.90 Å². The van der Waals surface area contributed by atoms with Gasteiger partial charge in [0.25, 0.3) is 0 Å². The van der Waals surface area contributed by atoms with Crippen LogP contribution in [0.3, 0.4) is 0 Å². The number of aromatic amines is 1. The lowest BCUT2D eigenvalue weighted by molar-refractivity contribution is 0.246. The summed E-state index contributed by atoms with van der Waals surface area (Å²) in [5.74, 6) is 3.57. The maximum absolute atomic E-state index is 4.68. The van der Waals surface area contributed by atoms with E-state index < -0.39 is 0 Å². The molecule has 0 aromatic carbocycles. The molecule has 0 radical (unpaired) electrons. The number of anilines is 1. The van der Waals surface area contributed by atoms with Gasteiger partial charge in [0.1, 0.15) is 5.82 Å². The van der Waals surface area contributed by atoms with Gasteiger partial charge in [0.05, 0.1) is 0 Å². The highest BCUT2D eigenvalue weighted by atomic mass is 15.3. The smallest absolute Gasteiger partial charge is 0.225 e. The molecule has 2 aromatic heterocycles. The second-order valence-electron chi connectivity index (χ2n) is 7.56. The van der Waals surface area contributed by atoms with Gasteiger partial charge in [-0.1, -0.05) is 19.8 Å². The number of rotatable bonds is 4. The Morgan fingerprint density at radius 3 is 2.44 bits per heavy atom. The van der Waals surface area contributed by atoms with Crippen LogP contribution in [0.15, 0.2) is 24.7 Å². The molecule has 134 valence electrons. The van der Waals surface area contributed by atoms with E-state index in [-0.39, 0.29) is 0 Å². The van der Waals surface area contributed by atoms with E-state index in [2.05, 4.69) is 36.7 Å². The van der Waals surface area contributed by atoms with Gasteiger partial charge < -0.3 is 9.88 Å². The summed E-state index contributed by atoms with van der Waals surface area (Å²) >= 11 is 0. The number of aromatic nitrogens is 4. The van der Waals surface area contributed by atoms with Gasteiger partial charge in [-0.25, -0.2) is 15.0 Å². The van der Waals surface area contributed by atoms with Crippen LogP contribution in [0.2, 0.25) is 0 Å². The van der Waals surface area contributed by atoms with Crippen molar-refractivity contribution in [2.45, 2.75) is 45.1 Å². The van der Waals surface area contributed by atoms with Crippen molar-refractivity contribution in [3.8, 4) is 0 Å². The summed E-state index contributed by atoms with van der Waals surface area (Å²) in [6.07, 6.45) is 10.9. The van der Waals surface area contributed by atoms with Crippen molar-refractivity contribution < 1.29 is 0 Å². The lowest BCUT2D eigenvalue weighted by Gasteiger charge is -2.34. The average molecular weight is 340 g/mol. The van der Waals surface area contributed by atoms with Crippen LogP contribution in [-0.4, -0.2) is 51.0 Å². The van der Waals surface area contributed by atoms with Crippen molar-refractivity contribution >= 4 is 5.95 Å². The van der Waals surface area contributed by atoms with Crippen LogP contribution in [0.25, 0.3) is 0 Å². The van der Waals surface area contributed by atoms with Gasteiger partial charge in [0, 0.05) is 62.9 Å². The first-order valence-corrected chi connectivity index (χ1v) is 9.56. The van der Waals surface area contributed by atoms with Gasteiger partial charge in [-0.2, -0.15) is 0 Å². The summed E-state index contributed by atoms with van der Waals surface area (Å²) in [6.45, 7) is 7.35. The molecule has 2 aliphatic rings. The van der Waals surface area contributed by atoms with Crippen LogP contribution >= 0.6 is 0 Å². The lowest BCUT2D eigenvalue weighted by atomic mass is 9.83. The first-order chi connectivity index (χ1) is 12.3. The second-order valence-corrected chi connectivity index (χ2v) is 7.56. The fraction of sp³-hybridized carbons (Fsp3) is 0.632. The predicted molar refractivity (Wildman–Crippen MR) is 98.5 cm³/mol. The van der Waals surface area contributed by atoms with Crippen molar-refractivity contribution in [3.63, 3.8) is 0 Å². The van der Waals surface area contributed by atoms with Crippen LogP contribution in [0.1, 0.15) is 50.0 Å². The molecule has 1 N–H and O–H groups in total. The quantitative estimate of drug-likeness (QED) is 0.927. The van der Waals surface area contributed by atoms with E-state index >= 15 is 0 Å². The molecule has 1 aliphatic carbocycles. The Morgan fingerprint density at radius 2 is 1.72 bits per heavy atom. The zero-order chi connectivity index (χ0) is 17.1. The Labute approximate surface area is 149 Å². The van der Waals surface area contributed by atoms with E-state index in [0.717, 1.165) is 44.6 Å². The number of nitrogens with zero attached hydrogens (tertiary/aromatic N) is 5. The molecule has 6 heteroatoms. The van der Waals surface area contributed by atoms with Crippen LogP contribution in [0.4, 0.5) is 5.95 Å². The SMILES string of the molecule is CC1CCC(c2ncc(CN3CCN(c4ncccn4)CC3)[nH]2)CC1. The molecule has 0 spiro atoms. The van der Waals surface area contributed by atoms with Gasteiger partial charge in [-0.15, -0.1) is 0 Å². The van der Waals surface area contributed by atoms with Gasteiger partial charge in [-0.3, -0.25) is 4.90 Å². The Hall–Kier alpha value is -1.95. The van der Waals surface area contributed by atoms with E-state index in [9.17, 15) is 0 Å². The van der Waals surface area contributed by atoms with Crippen molar-refractivity contribution in [1.29, 1.82) is 0 Å². The molecule has 0 amide bonds. The minimum Gasteiger partial charge on any atom is -0.345 e. The van der Waals surface area contributed by atoms with Gasteiger partial charge in [0.15, 0.2) is 0 Å². The fourth-order valence-corrected chi connectivity index (χ4v) is 4.00. The summed E-state index contributed by atoms with van der Waals surface area (Å²) in [4.78, 5) is 21.7. The summed E-state index contributed by atoms with van der Waals surface area (Å²) in [7, 11) is 0. The third kappa shape index (κ3) is 4.00. The first kappa shape index (κ1) is 16.5. The number of H-pyrrole nitrogens is 1. The highest BCUT2D eigenvalue weighted by Crippen LogP contribution is 2.34. The zero-order valence-electron chi connectivity index (χ0n) is 15.1.